The Bertz CT molecular complexity index is 1120. The summed E-state index contributed by atoms with van der Waals surface area (Å²) < 4.78 is 5.29. The second-order valence-corrected chi connectivity index (χ2v) is 11.9. The first-order chi connectivity index (χ1) is 18.0. The number of aromatic nitrogens is 2. The summed E-state index contributed by atoms with van der Waals surface area (Å²) in [7, 11) is 0. The van der Waals surface area contributed by atoms with Gasteiger partial charge in [0.2, 0.25) is 16.9 Å². The Morgan fingerprint density at radius 3 is 2.45 bits per heavy atom. The van der Waals surface area contributed by atoms with Gasteiger partial charge in [-0.15, -0.1) is 10.2 Å². The molecule has 2 aromatic rings. The molecule has 1 fully saturated rings. The highest BCUT2D eigenvalue weighted by molar-refractivity contribution is 7.15. The van der Waals surface area contributed by atoms with E-state index < -0.39 is 23.8 Å². The van der Waals surface area contributed by atoms with E-state index in [0.29, 0.717) is 24.4 Å². The standard InChI is InChI=1S/C28H39N5O4S/c1-6-21(30-26(36)37-27(2,3)4)23(35)29-20(14-13-19-11-8-7-9-12-19)15-16-22(34)31-25-33-32-24(38-25)28(5)17-10-18-28/h7-9,11-12,15-16,20-21H,6,10,13-14,17-18H2,1-5H3,(H,29,35)(H,30,36)(H,31,33,34). The van der Waals surface area contributed by atoms with Crippen LogP contribution in [0.25, 0.3) is 0 Å². The molecule has 3 N–H and O–H groups in total. The van der Waals surface area contributed by atoms with Crippen LogP contribution in [0.3, 0.4) is 0 Å². The molecule has 1 aromatic carbocycles. The van der Waals surface area contributed by atoms with Crippen molar-refractivity contribution >= 4 is 34.4 Å². The first-order valence-electron chi connectivity index (χ1n) is 13.1. The number of nitrogens with one attached hydrogen (secondary N) is 3. The lowest BCUT2D eigenvalue weighted by Gasteiger charge is -2.35. The van der Waals surface area contributed by atoms with E-state index in [1.807, 2.05) is 37.3 Å². The van der Waals surface area contributed by atoms with Crippen molar-refractivity contribution in [3.8, 4) is 0 Å². The van der Waals surface area contributed by atoms with Gasteiger partial charge in [-0.05, 0) is 58.4 Å². The van der Waals surface area contributed by atoms with Crippen molar-refractivity contribution in [3.63, 3.8) is 0 Å². The number of aryl methyl sites for hydroxylation is 1. The van der Waals surface area contributed by atoms with Crippen LogP contribution in [0, 0.1) is 0 Å². The maximum absolute atomic E-state index is 13.0. The third-order valence-corrected chi connectivity index (χ3v) is 7.58. The molecule has 1 aliphatic rings. The Balaban J connectivity index is 1.63. The number of rotatable bonds is 11. The molecule has 206 valence electrons. The zero-order chi connectivity index (χ0) is 27.8. The van der Waals surface area contributed by atoms with Crippen molar-refractivity contribution in [1.29, 1.82) is 0 Å². The Hall–Kier alpha value is -3.27. The quantitative estimate of drug-likeness (QED) is 0.348. The van der Waals surface area contributed by atoms with Gasteiger partial charge in [0, 0.05) is 17.5 Å². The van der Waals surface area contributed by atoms with Crippen LogP contribution in [0.15, 0.2) is 42.5 Å². The predicted octanol–water partition coefficient (Wildman–Crippen LogP) is 4.90. The Morgan fingerprint density at radius 1 is 1.13 bits per heavy atom. The molecule has 1 heterocycles. The van der Waals surface area contributed by atoms with Gasteiger partial charge in [-0.1, -0.05) is 68.0 Å². The molecule has 1 aromatic heterocycles. The van der Waals surface area contributed by atoms with E-state index in [1.54, 1.807) is 26.8 Å². The van der Waals surface area contributed by atoms with E-state index in [2.05, 4.69) is 33.1 Å². The highest BCUT2D eigenvalue weighted by Crippen LogP contribution is 2.44. The topological polar surface area (TPSA) is 122 Å². The van der Waals surface area contributed by atoms with Crippen molar-refractivity contribution in [2.45, 2.75) is 96.2 Å². The molecule has 38 heavy (non-hydrogen) atoms. The third-order valence-electron chi connectivity index (χ3n) is 6.44. The van der Waals surface area contributed by atoms with Crippen LogP contribution in [0.5, 0.6) is 0 Å². The van der Waals surface area contributed by atoms with E-state index in [-0.39, 0.29) is 17.2 Å². The molecule has 3 amide bonds. The summed E-state index contributed by atoms with van der Waals surface area (Å²) in [6.45, 7) is 9.27. The Morgan fingerprint density at radius 2 is 1.84 bits per heavy atom. The Kier molecular flexibility index (Phi) is 10.0. The van der Waals surface area contributed by atoms with Gasteiger partial charge in [-0.2, -0.15) is 0 Å². The molecule has 3 rings (SSSR count). The largest absolute Gasteiger partial charge is 0.444 e. The highest BCUT2D eigenvalue weighted by atomic mass is 32.1. The number of ether oxygens (including phenoxy) is 1. The average Bonchev–Trinajstić information content (AvgIpc) is 3.30. The number of nitrogens with zero attached hydrogens (tertiary/aromatic N) is 2. The lowest BCUT2D eigenvalue weighted by molar-refractivity contribution is -0.123. The molecular formula is C28H39N5O4S. The summed E-state index contributed by atoms with van der Waals surface area (Å²) in [6, 6.07) is 8.72. The molecule has 0 aliphatic heterocycles. The van der Waals surface area contributed by atoms with Gasteiger partial charge in [0.05, 0.1) is 0 Å². The van der Waals surface area contributed by atoms with Crippen LogP contribution in [0.4, 0.5) is 9.93 Å². The number of hydrogen-bond acceptors (Lipinski definition) is 7. The lowest BCUT2D eigenvalue weighted by atomic mass is 9.71. The van der Waals surface area contributed by atoms with E-state index >= 15 is 0 Å². The monoisotopic (exact) mass is 541 g/mol. The molecule has 2 atom stereocenters. The Labute approximate surface area is 228 Å². The number of carbonyl (C=O) groups is 3. The molecule has 9 nitrogen and oxygen atoms in total. The molecule has 0 radical (unpaired) electrons. The molecular weight excluding hydrogens is 502 g/mol. The van der Waals surface area contributed by atoms with Crippen LogP contribution in [-0.4, -0.2) is 45.8 Å². The smallest absolute Gasteiger partial charge is 0.408 e. The maximum Gasteiger partial charge on any atom is 0.408 e. The van der Waals surface area contributed by atoms with Gasteiger partial charge >= 0.3 is 6.09 Å². The fourth-order valence-electron chi connectivity index (χ4n) is 4.06. The summed E-state index contributed by atoms with van der Waals surface area (Å²) >= 11 is 1.40. The number of anilines is 1. The second kappa shape index (κ2) is 13.0. The van der Waals surface area contributed by atoms with Crippen LogP contribution in [-0.2, 0) is 26.2 Å². The van der Waals surface area contributed by atoms with Crippen molar-refractivity contribution in [2.24, 2.45) is 0 Å². The molecule has 1 saturated carbocycles. The van der Waals surface area contributed by atoms with Gasteiger partial charge in [0.15, 0.2) is 0 Å². The van der Waals surface area contributed by atoms with Gasteiger partial charge in [-0.3, -0.25) is 14.9 Å². The summed E-state index contributed by atoms with van der Waals surface area (Å²) in [5.74, 6) is -0.687. The summed E-state index contributed by atoms with van der Waals surface area (Å²) in [6.07, 6.45) is 7.44. The molecule has 0 bridgehead atoms. The SMILES string of the molecule is CCC(NC(=O)OC(C)(C)C)C(=O)NC(C=CC(=O)Nc1nnc(C2(C)CCC2)s1)CCc1ccccc1. The van der Waals surface area contributed by atoms with Crippen LogP contribution in [0.2, 0.25) is 0 Å². The van der Waals surface area contributed by atoms with Crippen molar-refractivity contribution in [1.82, 2.24) is 20.8 Å². The first kappa shape index (κ1) is 29.3. The average molecular weight is 542 g/mol. The molecule has 1 aliphatic carbocycles. The summed E-state index contributed by atoms with van der Waals surface area (Å²) in [4.78, 5) is 37.9. The van der Waals surface area contributed by atoms with E-state index in [1.165, 1.54) is 23.8 Å². The number of amides is 3. The minimum absolute atomic E-state index is 0.0620. The third kappa shape index (κ3) is 8.93. The number of benzene rings is 1. The number of carbonyl (C=O) groups excluding carboxylic acids is 3. The van der Waals surface area contributed by atoms with Gasteiger partial charge < -0.3 is 15.4 Å². The van der Waals surface area contributed by atoms with Crippen LogP contribution in [0.1, 0.15) is 77.3 Å². The lowest BCUT2D eigenvalue weighted by Crippen LogP contribution is -2.50. The van der Waals surface area contributed by atoms with Crippen molar-refractivity contribution in [3.05, 3.63) is 53.1 Å². The van der Waals surface area contributed by atoms with E-state index in [4.69, 9.17) is 4.74 Å². The zero-order valence-electron chi connectivity index (χ0n) is 22.9. The molecule has 10 heteroatoms. The van der Waals surface area contributed by atoms with Gasteiger partial charge in [0.1, 0.15) is 16.7 Å². The minimum Gasteiger partial charge on any atom is -0.444 e. The second-order valence-electron chi connectivity index (χ2n) is 10.9. The van der Waals surface area contributed by atoms with E-state index in [0.717, 1.165) is 23.4 Å². The molecule has 0 saturated heterocycles. The first-order valence-corrected chi connectivity index (χ1v) is 14.0. The van der Waals surface area contributed by atoms with Crippen molar-refractivity contribution < 1.29 is 19.1 Å². The van der Waals surface area contributed by atoms with Crippen LogP contribution >= 0.6 is 11.3 Å². The fraction of sp³-hybridized carbons (Fsp3) is 0.536. The van der Waals surface area contributed by atoms with Crippen molar-refractivity contribution in [2.75, 3.05) is 5.32 Å². The van der Waals surface area contributed by atoms with Gasteiger partial charge in [0.25, 0.3) is 0 Å². The minimum atomic E-state index is -0.765. The molecule has 2 unspecified atom stereocenters. The van der Waals surface area contributed by atoms with Crippen LogP contribution < -0.4 is 16.0 Å². The number of hydrogen-bond donors (Lipinski definition) is 3. The zero-order valence-corrected chi connectivity index (χ0v) is 23.7. The normalized spacial score (nSPS) is 16.2. The molecule has 0 spiro atoms. The predicted molar refractivity (Wildman–Crippen MR) is 149 cm³/mol. The maximum atomic E-state index is 13.0. The summed E-state index contributed by atoms with van der Waals surface area (Å²) in [5, 5.41) is 18.2. The summed E-state index contributed by atoms with van der Waals surface area (Å²) in [5.41, 5.74) is 0.512. The number of alkyl carbamates (subject to hydrolysis) is 1. The van der Waals surface area contributed by atoms with Gasteiger partial charge in [-0.25, -0.2) is 4.79 Å². The fourth-order valence-corrected chi connectivity index (χ4v) is 5.01. The van der Waals surface area contributed by atoms with E-state index in [9.17, 15) is 14.4 Å². The highest BCUT2D eigenvalue weighted by Gasteiger charge is 2.37.